The lowest BCUT2D eigenvalue weighted by Gasteiger charge is -2.36. The monoisotopic (exact) mass is 343 g/mol. The molecule has 1 aromatic carbocycles. The molecule has 126 valence electrons. The lowest BCUT2D eigenvalue weighted by molar-refractivity contribution is -0.130. The molecule has 2 amide bonds. The van der Waals surface area contributed by atoms with Crippen molar-refractivity contribution in [1.82, 2.24) is 10.2 Å². The van der Waals surface area contributed by atoms with Gasteiger partial charge in [0, 0.05) is 31.9 Å². The Labute approximate surface area is 145 Å². The number of hydrogen-bond donors (Lipinski definition) is 1. The standard InChI is InChI=1S/C18H21N3O2S/c1-14-4-2-5-15(12-14)20-7-9-21(10-8-20)17(22)13-19-18(23)16-6-3-11-24-16/h2-6,11-12H,7-10,13H2,1H3,(H,19,23). The van der Waals surface area contributed by atoms with Crippen LogP contribution < -0.4 is 10.2 Å². The Bertz CT molecular complexity index is 707. The Hall–Kier alpha value is -2.34. The molecule has 5 nitrogen and oxygen atoms in total. The number of nitrogens with one attached hydrogen (secondary N) is 1. The van der Waals surface area contributed by atoms with Gasteiger partial charge in [0.2, 0.25) is 5.91 Å². The van der Waals surface area contributed by atoms with Crippen molar-refractivity contribution in [3.05, 3.63) is 52.2 Å². The summed E-state index contributed by atoms with van der Waals surface area (Å²) in [5.41, 5.74) is 2.44. The lowest BCUT2D eigenvalue weighted by atomic mass is 10.2. The lowest BCUT2D eigenvalue weighted by Crippen LogP contribution is -2.51. The van der Waals surface area contributed by atoms with E-state index in [9.17, 15) is 9.59 Å². The molecule has 0 spiro atoms. The molecule has 2 heterocycles. The van der Waals surface area contributed by atoms with Gasteiger partial charge in [0.15, 0.2) is 0 Å². The van der Waals surface area contributed by atoms with Crippen molar-refractivity contribution < 1.29 is 9.59 Å². The van der Waals surface area contributed by atoms with E-state index >= 15 is 0 Å². The summed E-state index contributed by atoms with van der Waals surface area (Å²) in [7, 11) is 0. The van der Waals surface area contributed by atoms with Crippen LogP contribution in [-0.4, -0.2) is 49.4 Å². The highest BCUT2D eigenvalue weighted by Crippen LogP contribution is 2.17. The van der Waals surface area contributed by atoms with Crippen molar-refractivity contribution in [1.29, 1.82) is 0 Å². The molecule has 2 aromatic rings. The van der Waals surface area contributed by atoms with Crippen molar-refractivity contribution in [2.45, 2.75) is 6.92 Å². The van der Waals surface area contributed by atoms with Crippen LogP contribution >= 0.6 is 11.3 Å². The Morgan fingerprint density at radius 1 is 1.12 bits per heavy atom. The Morgan fingerprint density at radius 2 is 1.92 bits per heavy atom. The maximum atomic E-state index is 12.3. The maximum absolute atomic E-state index is 12.3. The van der Waals surface area contributed by atoms with Crippen LogP contribution in [0.15, 0.2) is 41.8 Å². The predicted octanol–water partition coefficient (Wildman–Crippen LogP) is 2.14. The quantitative estimate of drug-likeness (QED) is 0.925. The van der Waals surface area contributed by atoms with Crippen LogP contribution in [-0.2, 0) is 4.79 Å². The maximum Gasteiger partial charge on any atom is 0.261 e. The predicted molar refractivity (Wildman–Crippen MR) is 96.6 cm³/mol. The third-order valence-corrected chi connectivity index (χ3v) is 5.01. The second-order valence-electron chi connectivity index (χ2n) is 5.87. The van der Waals surface area contributed by atoms with Gasteiger partial charge in [-0.1, -0.05) is 18.2 Å². The van der Waals surface area contributed by atoms with E-state index in [-0.39, 0.29) is 18.4 Å². The summed E-state index contributed by atoms with van der Waals surface area (Å²) in [6.07, 6.45) is 0. The fraction of sp³-hybridized carbons (Fsp3) is 0.333. The summed E-state index contributed by atoms with van der Waals surface area (Å²) < 4.78 is 0. The van der Waals surface area contributed by atoms with Crippen LogP contribution in [0.25, 0.3) is 0 Å². The van der Waals surface area contributed by atoms with Gasteiger partial charge in [-0.2, -0.15) is 0 Å². The first kappa shape index (κ1) is 16.5. The fourth-order valence-corrected chi connectivity index (χ4v) is 3.44. The molecule has 1 aliphatic rings. The van der Waals surface area contributed by atoms with Gasteiger partial charge in [-0.3, -0.25) is 9.59 Å². The molecule has 0 atom stereocenters. The van der Waals surface area contributed by atoms with E-state index < -0.39 is 0 Å². The molecule has 1 aliphatic heterocycles. The highest BCUT2D eigenvalue weighted by molar-refractivity contribution is 7.12. The third-order valence-electron chi connectivity index (χ3n) is 4.14. The molecule has 0 saturated carbocycles. The van der Waals surface area contributed by atoms with Crippen molar-refractivity contribution in [3.8, 4) is 0 Å². The summed E-state index contributed by atoms with van der Waals surface area (Å²) >= 11 is 1.37. The second-order valence-corrected chi connectivity index (χ2v) is 6.81. The van der Waals surface area contributed by atoms with Crippen LogP contribution in [0.5, 0.6) is 0 Å². The molecule has 0 unspecified atom stereocenters. The molecule has 1 N–H and O–H groups in total. The molecule has 24 heavy (non-hydrogen) atoms. The van der Waals surface area contributed by atoms with Crippen LogP contribution in [0, 0.1) is 6.92 Å². The van der Waals surface area contributed by atoms with Gasteiger partial charge >= 0.3 is 0 Å². The highest BCUT2D eigenvalue weighted by atomic mass is 32.1. The van der Waals surface area contributed by atoms with Crippen LogP contribution in [0.4, 0.5) is 5.69 Å². The average Bonchev–Trinajstić information content (AvgIpc) is 3.14. The van der Waals surface area contributed by atoms with E-state index in [0.717, 1.165) is 13.1 Å². The molecular formula is C18H21N3O2S. The minimum absolute atomic E-state index is 0.0243. The van der Waals surface area contributed by atoms with Gasteiger partial charge in [-0.15, -0.1) is 11.3 Å². The fourth-order valence-electron chi connectivity index (χ4n) is 2.80. The number of nitrogens with zero attached hydrogens (tertiary/aromatic N) is 2. The van der Waals surface area contributed by atoms with Crippen molar-refractivity contribution >= 4 is 28.8 Å². The van der Waals surface area contributed by atoms with Gasteiger partial charge in [-0.05, 0) is 36.1 Å². The van der Waals surface area contributed by atoms with E-state index in [1.807, 2.05) is 16.3 Å². The largest absolute Gasteiger partial charge is 0.368 e. The van der Waals surface area contributed by atoms with Gasteiger partial charge in [0.05, 0.1) is 11.4 Å². The number of carbonyl (C=O) groups is 2. The summed E-state index contributed by atoms with van der Waals surface area (Å²) in [4.78, 5) is 28.9. The topological polar surface area (TPSA) is 52.6 Å². The minimum Gasteiger partial charge on any atom is -0.368 e. The summed E-state index contributed by atoms with van der Waals surface area (Å²) in [6.45, 7) is 5.13. The number of carbonyl (C=O) groups excluding carboxylic acids is 2. The molecule has 1 fully saturated rings. The van der Waals surface area contributed by atoms with E-state index in [1.54, 1.807) is 6.07 Å². The van der Waals surface area contributed by atoms with Crippen molar-refractivity contribution in [2.75, 3.05) is 37.6 Å². The van der Waals surface area contributed by atoms with Gasteiger partial charge in [0.1, 0.15) is 0 Å². The first-order chi connectivity index (χ1) is 11.6. The van der Waals surface area contributed by atoms with Gasteiger partial charge in [0.25, 0.3) is 5.91 Å². The van der Waals surface area contributed by atoms with Gasteiger partial charge in [-0.25, -0.2) is 0 Å². The number of thiophene rings is 1. The Balaban J connectivity index is 1.47. The third kappa shape index (κ3) is 3.94. The number of hydrogen-bond acceptors (Lipinski definition) is 4. The molecule has 3 rings (SSSR count). The molecule has 0 radical (unpaired) electrons. The Morgan fingerprint density at radius 3 is 2.58 bits per heavy atom. The molecule has 0 aliphatic carbocycles. The molecular weight excluding hydrogens is 322 g/mol. The summed E-state index contributed by atoms with van der Waals surface area (Å²) in [6, 6.07) is 12.0. The van der Waals surface area contributed by atoms with Crippen molar-refractivity contribution in [2.24, 2.45) is 0 Å². The Kier molecular flexibility index (Phi) is 5.15. The number of benzene rings is 1. The number of aryl methyl sites for hydroxylation is 1. The molecule has 6 heteroatoms. The SMILES string of the molecule is Cc1cccc(N2CCN(C(=O)CNC(=O)c3cccs3)CC2)c1. The zero-order chi connectivity index (χ0) is 16.9. The molecule has 1 saturated heterocycles. The first-order valence-corrected chi connectivity index (χ1v) is 8.92. The van der Waals surface area contributed by atoms with E-state index in [1.165, 1.54) is 22.6 Å². The molecule has 1 aromatic heterocycles. The van der Waals surface area contributed by atoms with E-state index in [2.05, 4.69) is 41.4 Å². The highest BCUT2D eigenvalue weighted by Gasteiger charge is 2.21. The average molecular weight is 343 g/mol. The molecule has 0 bridgehead atoms. The van der Waals surface area contributed by atoms with E-state index in [0.29, 0.717) is 18.0 Å². The number of rotatable bonds is 4. The number of anilines is 1. The first-order valence-electron chi connectivity index (χ1n) is 8.04. The van der Waals surface area contributed by atoms with Crippen LogP contribution in [0.2, 0.25) is 0 Å². The van der Waals surface area contributed by atoms with Crippen molar-refractivity contribution in [3.63, 3.8) is 0 Å². The zero-order valence-corrected chi connectivity index (χ0v) is 14.5. The smallest absolute Gasteiger partial charge is 0.261 e. The number of piperazine rings is 1. The normalized spacial score (nSPS) is 14.5. The summed E-state index contributed by atoms with van der Waals surface area (Å²) in [5.74, 6) is -0.208. The minimum atomic E-state index is -0.184. The van der Waals surface area contributed by atoms with Crippen LogP contribution in [0.1, 0.15) is 15.2 Å². The van der Waals surface area contributed by atoms with Gasteiger partial charge < -0.3 is 15.1 Å². The number of amides is 2. The van der Waals surface area contributed by atoms with E-state index in [4.69, 9.17) is 0 Å². The zero-order valence-electron chi connectivity index (χ0n) is 13.7. The summed E-state index contributed by atoms with van der Waals surface area (Å²) in [5, 5.41) is 4.55. The van der Waals surface area contributed by atoms with Crippen LogP contribution in [0.3, 0.4) is 0 Å². The second kappa shape index (κ2) is 7.49.